The molecule has 2 aromatic rings. The first kappa shape index (κ1) is 18.3. The Balaban J connectivity index is 2.17. The van der Waals surface area contributed by atoms with Gasteiger partial charge in [0.15, 0.2) is 0 Å². The first-order chi connectivity index (χ1) is 11.9. The maximum absolute atomic E-state index is 11.7. The molecule has 0 aliphatic carbocycles. The van der Waals surface area contributed by atoms with E-state index in [4.69, 9.17) is 4.74 Å². The summed E-state index contributed by atoms with van der Waals surface area (Å²) in [6.07, 6.45) is 6.91. The van der Waals surface area contributed by atoms with Gasteiger partial charge in [-0.05, 0) is 50.1 Å². The molecule has 4 heteroatoms. The van der Waals surface area contributed by atoms with Gasteiger partial charge in [-0.25, -0.2) is 4.79 Å². The fraction of sp³-hybridized carbons (Fsp3) is 0.190. The standard InChI is InChI=1S/C21H21NO3/c1-21(2,3)25-20(24)12-11-18-10-9-17(15-22-18)19(13-14-23)16-7-5-4-6-8-16/h4-15H,1-3H3/b12-11+,19-13+. The van der Waals surface area contributed by atoms with E-state index in [2.05, 4.69) is 4.98 Å². The van der Waals surface area contributed by atoms with Crippen LogP contribution in [0, 0.1) is 0 Å². The van der Waals surface area contributed by atoms with Gasteiger partial charge >= 0.3 is 5.97 Å². The van der Waals surface area contributed by atoms with Gasteiger partial charge in [0.1, 0.15) is 11.9 Å². The van der Waals surface area contributed by atoms with Crippen LogP contribution in [-0.4, -0.2) is 22.8 Å². The molecule has 1 aromatic carbocycles. The summed E-state index contributed by atoms with van der Waals surface area (Å²) in [6, 6.07) is 13.3. The first-order valence-electron chi connectivity index (χ1n) is 7.97. The minimum atomic E-state index is -0.525. The highest BCUT2D eigenvalue weighted by Crippen LogP contribution is 2.22. The average Bonchev–Trinajstić information content (AvgIpc) is 2.58. The Kier molecular flexibility index (Phi) is 6.01. The third-order valence-corrected chi connectivity index (χ3v) is 3.21. The van der Waals surface area contributed by atoms with Crippen LogP contribution in [0.15, 0.2) is 60.8 Å². The zero-order valence-corrected chi connectivity index (χ0v) is 14.6. The maximum atomic E-state index is 11.7. The normalized spacial score (nSPS) is 12.2. The Hall–Kier alpha value is -3.01. The largest absolute Gasteiger partial charge is 0.457 e. The lowest BCUT2D eigenvalue weighted by Crippen LogP contribution is -2.22. The Morgan fingerprint density at radius 3 is 2.32 bits per heavy atom. The van der Waals surface area contributed by atoms with Crippen molar-refractivity contribution in [1.82, 2.24) is 4.98 Å². The topological polar surface area (TPSA) is 56.3 Å². The molecule has 0 N–H and O–H groups in total. The molecule has 0 saturated carbocycles. The van der Waals surface area contributed by atoms with Crippen molar-refractivity contribution in [3.8, 4) is 0 Å². The molecule has 0 amide bonds. The summed E-state index contributed by atoms with van der Waals surface area (Å²) < 4.78 is 5.21. The van der Waals surface area contributed by atoms with Gasteiger partial charge in [0.25, 0.3) is 0 Å². The van der Waals surface area contributed by atoms with E-state index in [0.717, 1.165) is 23.0 Å². The summed E-state index contributed by atoms with van der Waals surface area (Å²) in [5.41, 5.74) is 2.67. The molecule has 0 aliphatic heterocycles. The van der Waals surface area contributed by atoms with Crippen LogP contribution in [0.2, 0.25) is 0 Å². The number of rotatable bonds is 5. The summed E-state index contributed by atoms with van der Waals surface area (Å²) in [5.74, 6) is -0.413. The SMILES string of the molecule is CC(C)(C)OC(=O)/C=C/c1ccc(/C(=C/C=O)c2ccccc2)cn1. The van der Waals surface area contributed by atoms with E-state index < -0.39 is 11.6 Å². The second-order valence-electron chi connectivity index (χ2n) is 6.42. The maximum Gasteiger partial charge on any atom is 0.331 e. The zero-order chi connectivity index (χ0) is 18.3. The Bertz CT molecular complexity index is 782. The van der Waals surface area contributed by atoms with E-state index in [9.17, 15) is 9.59 Å². The van der Waals surface area contributed by atoms with Crippen LogP contribution in [0.4, 0.5) is 0 Å². The number of aromatic nitrogens is 1. The fourth-order valence-corrected chi connectivity index (χ4v) is 2.20. The van der Waals surface area contributed by atoms with Gasteiger partial charge in [0.05, 0.1) is 5.69 Å². The molecule has 0 atom stereocenters. The summed E-state index contributed by atoms with van der Waals surface area (Å²) in [5, 5.41) is 0. The lowest BCUT2D eigenvalue weighted by molar-refractivity contribution is -0.148. The third kappa shape index (κ3) is 5.84. The molecular weight excluding hydrogens is 314 g/mol. The molecule has 1 aromatic heterocycles. The van der Waals surface area contributed by atoms with Crippen molar-refractivity contribution in [2.75, 3.05) is 0 Å². The van der Waals surface area contributed by atoms with E-state index >= 15 is 0 Å². The molecule has 0 unspecified atom stereocenters. The smallest absolute Gasteiger partial charge is 0.331 e. The van der Waals surface area contributed by atoms with Gasteiger partial charge in [0, 0.05) is 17.8 Å². The molecule has 0 saturated heterocycles. The molecule has 0 aliphatic rings. The number of nitrogens with zero attached hydrogens (tertiary/aromatic N) is 1. The predicted molar refractivity (Wildman–Crippen MR) is 98.7 cm³/mol. The van der Waals surface area contributed by atoms with Crippen molar-refractivity contribution < 1.29 is 14.3 Å². The molecule has 4 nitrogen and oxygen atoms in total. The Morgan fingerprint density at radius 2 is 1.76 bits per heavy atom. The second-order valence-corrected chi connectivity index (χ2v) is 6.42. The van der Waals surface area contributed by atoms with Crippen molar-refractivity contribution in [3.05, 3.63) is 77.6 Å². The second kappa shape index (κ2) is 8.20. The molecule has 0 bridgehead atoms. The van der Waals surface area contributed by atoms with Crippen LogP contribution < -0.4 is 0 Å². The number of hydrogen-bond acceptors (Lipinski definition) is 4. The number of benzene rings is 1. The molecule has 0 radical (unpaired) electrons. The van der Waals surface area contributed by atoms with E-state index in [1.807, 2.05) is 57.2 Å². The van der Waals surface area contributed by atoms with Gasteiger partial charge < -0.3 is 4.74 Å². The van der Waals surface area contributed by atoms with E-state index in [0.29, 0.717) is 5.69 Å². The minimum absolute atomic E-state index is 0.413. The van der Waals surface area contributed by atoms with Gasteiger partial charge in [-0.2, -0.15) is 0 Å². The lowest BCUT2D eigenvalue weighted by Gasteiger charge is -2.17. The highest BCUT2D eigenvalue weighted by Gasteiger charge is 2.13. The predicted octanol–water partition coefficient (Wildman–Crippen LogP) is 4.07. The van der Waals surface area contributed by atoms with Gasteiger partial charge in [-0.15, -0.1) is 0 Å². The Morgan fingerprint density at radius 1 is 1.04 bits per heavy atom. The van der Waals surface area contributed by atoms with Crippen LogP contribution >= 0.6 is 0 Å². The zero-order valence-electron chi connectivity index (χ0n) is 14.6. The van der Waals surface area contributed by atoms with Crippen molar-refractivity contribution in [1.29, 1.82) is 0 Å². The molecular formula is C21H21NO3. The average molecular weight is 335 g/mol. The molecule has 0 fully saturated rings. The van der Waals surface area contributed by atoms with Gasteiger partial charge in [-0.3, -0.25) is 9.78 Å². The number of carbonyl (C=O) groups is 2. The first-order valence-corrected chi connectivity index (χ1v) is 7.97. The van der Waals surface area contributed by atoms with E-state index in [1.165, 1.54) is 12.2 Å². The molecule has 0 spiro atoms. The van der Waals surface area contributed by atoms with Gasteiger partial charge in [-0.1, -0.05) is 36.4 Å². The number of aldehydes is 1. The number of hydrogen-bond donors (Lipinski definition) is 0. The fourth-order valence-electron chi connectivity index (χ4n) is 2.20. The van der Waals surface area contributed by atoms with Crippen LogP contribution in [0.5, 0.6) is 0 Å². The summed E-state index contributed by atoms with van der Waals surface area (Å²) >= 11 is 0. The number of carbonyl (C=O) groups excluding carboxylic acids is 2. The Labute approximate surface area is 147 Å². The summed E-state index contributed by atoms with van der Waals surface area (Å²) in [4.78, 5) is 27.0. The highest BCUT2D eigenvalue weighted by atomic mass is 16.6. The van der Waals surface area contributed by atoms with Crippen molar-refractivity contribution in [3.63, 3.8) is 0 Å². The van der Waals surface area contributed by atoms with E-state index in [1.54, 1.807) is 18.3 Å². The number of ether oxygens (including phenoxy) is 1. The van der Waals surface area contributed by atoms with Crippen LogP contribution in [0.1, 0.15) is 37.6 Å². The number of allylic oxidation sites excluding steroid dienone is 1. The molecule has 2 rings (SSSR count). The minimum Gasteiger partial charge on any atom is -0.457 e. The van der Waals surface area contributed by atoms with Crippen LogP contribution in [0.25, 0.3) is 11.6 Å². The quantitative estimate of drug-likeness (QED) is 0.469. The summed E-state index contributed by atoms with van der Waals surface area (Å²) in [7, 11) is 0. The summed E-state index contributed by atoms with van der Waals surface area (Å²) in [6.45, 7) is 5.45. The van der Waals surface area contributed by atoms with Crippen molar-refractivity contribution in [2.24, 2.45) is 0 Å². The highest BCUT2D eigenvalue weighted by molar-refractivity contribution is 5.90. The monoisotopic (exact) mass is 335 g/mol. The lowest BCUT2D eigenvalue weighted by atomic mass is 9.99. The van der Waals surface area contributed by atoms with E-state index in [-0.39, 0.29) is 0 Å². The van der Waals surface area contributed by atoms with Crippen molar-refractivity contribution in [2.45, 2.75) is 26.4 Å². The molecule has 1 heterocycles. The van der Waals surface area contributed by atoms with Crippen LogP contribution in [0.3, 0.4) is 0 Å². The van der Waals surface area contributed by atoms with Gasteiger partial charge in [0.2, 0.25) is 0 Å². The molecule has 128 valence electrons. The molecule has 25 heavy (non-hydrogen) atoms. The van der Waals surface area contributed by atoms with Crippen LogP contribution in [-0.2, 0) is 14.3 Å². The van der Waals surface area contributed by atoms with Crippen molar-refractivity contribution >= 4 is 23.9 Å². The third-order valence-electron chi connectivity index (χ3n) is 3.21. The number of esters is 1. The number of pyridine rings is 1.